The molecule has 0 aromatic rings. The molecule has 1 heterocycles. The van der Waals surface area contributed by atoms with E-state index in [4.69, 9.17) is 9.84 Å². The largest absolute Gasteiger partial charge is 0.396 e. The molecule has 0 radical (unpaired) electrons. The van der Waals surface area contributed by atoms with Gasteiger partial charge in [-0.3, -0.25) is 0 Å². The van der Waals surface area contributed by atoms with Crippen molar-refractivity contribution in [2.75, 3.05) is 26.3 Å². The second-order valence-electron chi connectivity index (χ2n) is 3.92. The zero-order chi connectivity index (χ0) is 9.52. The third-order valence-corrected chi connectivity index (χ3v) is 2.47. The van der Waals surface area contributed by atoms with Gasteiger partial charge >= 0.3 is 0 Å². The van der Waals surface area contributed by atoms with Crippen molar-refractivity contribution in [2.45, 2.75) is 32.3 Å². The Labute approximate surface area is 80.5 Å². The summed E-state index contributed by atoms with van der Waals surface area (Å²) in [6.45, 7) is 5.17. The summed E-state index contributed by atoms with van der Waals surface area (Å²) < 4.78 is 5.50. The first-order valence-electron chi connectivity index (χ1n) is 5.26. The van der Waals surface area contributed by atoms with Gasteiger partial charge in [0.1, 0.15) is 0 Å². The molecule has 0 aromatic carbocycles. The zero-order valence-electron chi connectivity index (χ0n) is 8.46. The third kappa shape index (κ3) is 4.60. The minimum absolute atomic E-state index is 0.271. The molecule has 1 aliphatic rings. The number of hydrogen-bond acceptors (Lipinski definition) is 3. The molecule has 2 atom stereocenters. The molecular weight excluding hydrogens is 166 g/mol. The lowest BCUT2D eigenvalue weighted by atomic mass is 10.1. The molecule has 2 N–H and O–H groups in total. The topological polar surface area (TPSA) is 41.5 Å². The van der Waals surface area contributed by atoms with Gasteiger partial charge < -0.3 is 15.2 Å². The van der Waals surface area contributed by atoms with Crippen molar-refractivity contribution in [2.24, 2.45) is 5.92 Å². The van der Waals surface area contributed by atoms with Crippen molar-refractivity contribution in [1.82, 2.24) is 5.32 Å². The molecule has 0 aromatic heterocycles. The van der Waals surface area contributed by atoms with E-state index in [1.165, 1.54) is 12.8 Å². The van der Waals surface area contributed by atoms with Crippen LogP contribution in [0, 0.1) is 5.92 Å². The quantitative estimate of drug-likeness (QED) is 0.604. The van der Waals surface area contributed by atoms with Crippen molar-refractivity contribution in [1.29, 1.82) is 0 Å². The maximum atomic E-state index is 8.78. The average molecular weight is 187 g/mol. The van der Waals surface area contributed by atoms with Crippen LogP contribution in [0.4, 0.5) is 0 Å². The molecule has 1 saturated heterocycles. The van der Waals surface area contributed by atoms with Crippen LogP contribution in [0.3, 0.4) is 0 Å². The molecule has 1 fully saturated rings. The highest BCUT2D eigenvalue weighted by Crippen LogP contribution is 2.14. The third-order valence-electron chi connectivity index (χ3n) is 2.47. The van der Waals surface area contributed by atoms with Crippen LogP contribution >= 0.6 is 0 Å². The number of aliphatic hydroxyl groups excluding tert-OH is 1. The van der Waals surface area contributed by atoms with Crippen molar-refractivity contribution >= 4 is 0 Å². The molecule has 0 bridgehead atoms. The summed E-state index contributed by atoms with van der Waals surface area (Å²) in [6, 6.07) is 0. The van der Waals surface area contributed by atoms with Crippen LogP contribution in [0.1, 0.15) is 26.2 Å². The van der Waals surface area contributed by atoms with E-state index in [0.29, 0.717) is 12.0 Å². The van der Waals surface area contributed by atoms with Gasteiger partial charge in [0.05, 0.1) is 6.10 Å². The Morgan fingerprint density at radius 2 is 2.46 bits per heavy atom. The SMILES string of the molecule is CC(CO)CNCCC1CCCO1. The Morgan fingerprint density at radius 3 is 3.08 bits per heavy atom. The van der Waals surface area contributed by atoms with E-state index in [9.17, 15) is 0 Å². The molecule has 0 saturated carbocycles. The molecule has 1 aliphatic heterocycles. The lowest BCUT2D eigenvalue weighted by Crippen LogP contribution is -2.26. The predicted octanol–water partition coefficient (Wildman–Crippen LogP) is 0.773. The Hall–Kier alpha value is -0.120. The molecule has 3 nitrogen and oxygen atoms in total. The molecule has 13 heavy (non-hydrogen) atoms. The lowest BCUT2D eigenvalue weighted by Gasteiger charge is -2.12. The predicted molar refractivity (Wildman–Crippen MR) is 52.7 cm³/mol. The standard InChI is InChI=1S/C10H21NO2/c1-9(8-12)7-11-5-4-10-3-2-6-13-10/h9-12H,2-8H2,1H3. The summed E-state index contributed by atoms with van der Waals surface area (Å²) in [5, 5.41) is 12.1. The summed E-state index contributed by atoms with van der Waals surface area (Å²) in [7, 11) is 0. The fraction of sp³-hybridized carbons (Fsp3) is 1.00. The van der Waals surface area contributed by atoms with Crippen molar-refractivity contribution in [3.8, 4) is 0 Å². The highest BCUT2D eigenvalue weighted by Gasteiger charge is 2.14. The minimum Gasteiger partial charge on any atom is -0.396 e. The van der Waals surface area contributed by atoms with Crippen molar-refractivity contribution < 1.29 is 9.84 Å². The van der Waals surface area contributed by atoms with Gasteiger partial charge in [-0.15, -0.1) is 0 Å². The zero-order valence-corrected chi connectivity index (χ0v) is 8.46. The summed E-state index contributed by atoms with van der Waals surface area (Å²) in [5.74, 6) is 0.365. The normalized spacial score (nSPS) is 24.9. The van der Waals surface area contributed by atoms with Crippen molar-refractivity contribution in [3.63, 3.8) is 0 Å². The summed E-state index contributed by atoms with van der Waals surface area (Å²) >= 11 is 0. The first-order chi connectivity index (χ1) is 6.33. The summed E-state index contributed by atoms with van der Waals surface area (Å²) in [6.07, 6.45) is 4.03. The Morgan fingerprint density at radius 1 is 1.62 bits per heavy atom. The molecule has 2 unspecified atom stereocenters. The molecular formula is C10H21NO2. The Bertz CT molecular complexity index is 124. The Kier molecular flexibility index (Phi) is 5.35. The maximum Gasteiger partial charge on any atom is 0.0588 e. The highest BCUT2D eigenvalue weighted by atomic mass is 16.5. The molecule has 0 aliphatic carbocycles. The molecule has 3 heteroatoms. The minimum atomic E-state index is 0.271. The second-order valence-corrected chi connectivity index (χ2v) is 3.92. The van der Waals surface area contributed by atoms with Gasteiger partial charge in [-0.1, -0.05) is 6.92 Å². The van der Waals surface area contributed by atoms with Gasteiger partial charge in [-0.2, -0.15) is 0 Å². The van der Waals surface area contributed by atoms with E-state index in [-0.39, 0.29) is 6.61 Å². The molecule has 0 spiro atoms. The molecule has 1 rings (SSSR count). The number of nitrogens with one attached hydrogen (secondary N) is 1. The van der Waals surface area contributed by atoms with Crippen LogP contribution in [0.15, 0.2) is 0 Å². The van der Waals surface area contributed by atoms with E-state index in [1.807, 2.05) is 6.92 Å². The van der Waals surface area contributed by atoms with Gasteiger partial charge in [-0.05, 0) is 38.3 Å². The van der Waals surface area contributed by atoms with Crippen LogP contribution in [-0.2, 0) is 4.74 Å². The van der Waals surface area contributed by atoms with E-state index >= 15 is 0 Å². The van der Waals surface area contributed by atoms with E-state index < -0.39 is 0 Å². The number of rotatable bonds is 6. The van der Waals surface area contributed by atoms with Gasteiger partial charge in [0, 0.05) is 13.2 Å². The average Bonchev–Trinajstić information content (AvgIpc) is 2.64. The van der Waals surface area contributed by atoms with E-state index in [1.54, 1.807) is 0 Å². The second kappa shape index (κ2) is 6.35. The fourth-order valence-electron chi connectivity index (χ4n) is 1.55. The summed E-state index contributed by atoms with van der Waals surface area (Å²) in [4.78, 5) is 0. The maximum absolute atomic E-state index is 8.78. The van der Waals surface area contributed by atoms with Crippen LogP contribution in [0.2, 0.25) is 0 Å². The van der Waals surface area contributed by atoms with E-state index in [0.717, 1.165) is 26.1 Å². The van der Waals surface area contributed by atoms with Gasteiger partial charge in [0.15, 0.2) is 0 Å². The van der Waals surface area contributed by atoms with Crippen LogP contribution in [-0.4, -0.2) is 37.5 Å². The van der Waals surface area contributed by atoms with Gasteiger partial charge in [0.2, 0.25) is 0 Å². The van der Waals surface area contributed by atoms with Crippen molar-refractivity contribution in [3.05, 3.63) is 0 Å². The molecule has 0 amide bonds. The van der Waals surface area contributed by atoms with Gasteiger partial charge in [-0.25, -0.2) is 0 Å². The summed E-state index contributed by atoms with van der Waals surface area (Å²) in [5.41, 5.74) is 0. The fourth-order valence-corrected chi connectivity index (χ4v) is 1.55. The van der Waals surface area contributed by atoms with Crippen LogP contribution < -0.4 is 5.32 Å². The Balaban J connectivity index is 1.88. The van der Waals surface area contributed by atoms with Crippen LogP contribution in [0.25, 0.3) is 0 Å². The number of ether oxygens (including phenoxy) is 1. The molecule has 78 valence electrons. The number of aliphatic hydroxyl groups is 1. The highest BCUT2D eigenvalue weighted by molar-refractivity contribution is 4.66. The lowest BCUT2D eigenvalue weighted by molar-refractivity contribution is 0.104. The number of hydrogen-bond donors (Lipinski definition) is 2. The van der Waals surface area contributed by atoms with E-state index in [2.05, 4.69) is 5.32 Å². The smallest absolute Gasteiger partial charge is 0.0588 e. The first-order valence-corrected chi connectivity index (χ1v) is 5.26. The first kappa shape index (κ1) is 11.0. The van der Waals surface area contributed by atoms with Crippen LogP contribution in [0.5, 0.6) is 0 Å². The van der Waals surface area contributed by atoms with Gasteiger partial charge in [0.25, 0.3) is 0 Å². The monoisotopic (exact) mass is 187 g/mol.